The first-order valence-electron chi connectivity index (χ1n) is 9.78. The first-order valence-corrected chi connectivity index (χ1v) is 10.7. The van der Waals surface area contributed by atoms with Crippen molar-refractivity contribution >= 4 is 28.4 Å². The van der Waals surface area contributed by atoms with Crippen LogP contribution in [0.1, 0.15) is 35.5 Å². The van der Waals surface area contributed by atoms with Crippen molar-refractivity contribution in [3.63, 3.8) is 0 Å². The summed E-state index contributed by atoms with van der Waals surface area (Å²) in [6.45, 7) is 8.78. The number of nitrogens with one attached hydrogen (secondary N) is 1. The second-order valence-electron chi connectivity index (χ2n) is 7.16. The number of aryl methyl sites for hydroxylation is 2. The fourth-order valence-electron chi connectivity index (χ4n) is 3.69. The van der Waals surface area contributed by atoms with Crippen LogP contribution in [0.4, 0.5) is 0 Å². The van der Waals surface area contributed by atoms with E-state index in [9.17, 15) is 4.79 Å². The zero-order valence-electron chi connectivity index (χ0n) is 17.1. The molecular formula is C23H24N4OS. The molecule has 0 fully saturated rings. The van der Waals surface area contributed by atoms with Crippen LogP contribution in [-0.2, 0) is 6.54 Å². The summed E-state index contributed by atoms with van der Waals surface area (Å²) in [6.07, 6.45) is 0. The summed E-state index contributed by atoms with van der Waals surface area (Å²) in [6, 6.07) is 16.1. The molecule has 1 N–H and O–H groups in total. The quantitative estimate of drug-likeness (QED) is 0.344. The van der Waals surface area contributed by atoms with Crippen LogP contribution in [-0.4, -0.2) is 30.8 Å². The van der Waals surface area contributed by atoms with E-state index in [1.54, 1.807) is 0 Å². The fourth-order valence-corrected chi connectivity index (χ4v) is 4.66. The molecule has 0 aliphatic heterocycles. The minimum atomic E-state index is -0.271. The third-order valence-corrected chi connectivity index (χ3v) is 6.29. The third kappa shape index (κ3) is 3.49. The molecule has 2 aromatic heterocycles. The molecule has 2 aromatic carbocycles. The van der Waals surface area contributed by atoms with E-state index in [-0.39, 0.29) is 11.0 Å². The molecule has 2 heterocycles. The highest BCUT2D eigenvalue weighted by atomic mass is 32.2. The molecule has 0 unspecified atom stereocenters. The molecule has 0 radical (unpaired) electrons. The molecule has 29 heavy (non-hydrogen) atoms. The lowest BCUT2D eigenvalue weighted by Crippen LogP contribution is -2.15. The predicted octanol–water partition coefficient (Wildman–Crippen LogP) is 5.43. The Balaban J connectivity index is 1.65. The number of aromatic amines is 1. The maximum Gasteiger partial charge on any atom is 0.192 e. The Bertz CT molecular complexity index is 1190. The molecule has 0 saturated heterocycles. The van der Waals surface area contributed by atoms with Crippen molar-refractivity contribution in [1.29, 1.82) is 0 Å². The van der Waals surface area contributed by atoms with E-state index in [0.29, 0.717) is 0 Å². The first kappa shape index (κ1) is 19.5. The predicted molar refractivity (Wildman–Crippen MR) is 119 cm³/mol. The highest BCUT2D eigenvalue weighted by molar-refractivity contribution is 8.00. The molecule has 0 aliphatic carbocycles. The lowest BCUT2D eigenvalue weighted by Gasteiger charge is -2.12. The van der Waals surface area contributed by atoms with Gasteiger partial charge in [0.2, 0.25) is 0 Å². The minimum absolute atomic E-state index is 0.105. The Morgan fingerprint density at radius 1 is 1.10 bits per heavy atom. The largest absolute Gasteiger partial charge is 0.358 e. The standard InChI is InChI=1S/C23H24N4OS/c1-5-27-22(17-11-7-6-10-14(17)2)25-26-23(27)29-16(4)21(28)20-15(3)24-19-13-9-8-12-18(19)20/h6-13,16,24H,5H2,1-4H3/t16-/m0/s1. The molecule has 0 aliphatic rings. The number of aromatic nitrogens is 4. The van der Waals surface area contributed by atoms with Crippen LogP contribution in [0.25, 0.3) is 22.3 Å². The van der Waals surface area contributed by atoms with Crippen LogP contribution in [0.5, 0.6) is 0 Å². The Morgan fingerprint density at radius 3 is 2.59 bits per heavy atom. The van der Waals surface area contributed by atoms with Gasteiger partial charge in [0, 0.05) is 34.3 Å². The maximum absolute atomic E-state index is 13.3. The molecular weight excluding hydrogens is 380 g/mol. The van der Waals surface area contributed by atoms with Gasteiger partial charge in [-0.1, -0.05) is 54.2 Å². The maximum atomic E-state index is 13.3. The highest BCUT2D eigenvalue weighted by Gasteiger charge is 2.25. The summed E-state index contributed by atoms with van der Waals surface area (Å²) in [7, 11) is 0. The fraction of sp³-hybridized carbons (Fsp3) is 0.261. The summed E-state index contributed by atoms with van der Waals surface area (Å²) in [4.78, 5) is 16.6. The van der Waals surface area contributed by atoms with E-state index in [1.807, 2.05) is 50.2 Å². The average molecular weight is 405 g/mol. The monoisotopic (exact) mass is 404 g/mol. The van der Waals surface area contributed by atoms with E-state index in [0.717, 1.165) is 50.8 Å². The molecule has 0 amide bonds. The number of hydrogen-bond acceptors (Lipinski definition) is 4. The van der Waals surface area contributed by atoms with Gasteiger partial charge >= 0.3 is 0 Å². The first-order chi connectivity index (χ1) is 14.0. The summed E-state index contributed by atoms with van der Waals surface area (Å²) in [5.74, 6) is 0.948. The molecule has 4 aromatic rings. The van der Waals surface area contributed by atoms with Crippen molar-refractivity contribution < 1.29 is 4.79 Å². The Kier molecular flexibility index (Phi) is 5.28. The molecule has 148 valence electrons. The second-order valence-corrected chi connectivity index (χ2v) is 8.47. The van der Waals surface area contributed by atoms with Crippen LogP contribution < -0.4 is 0 Å². The number of Topliss-reactive ketones (excluding diaryl/α,β-unsaturated/α-hetero) is 1. The van der Waals surface area contributed by atoms with Crippen LogP contribution in [0.15, 0.2) is 53.7 Å². The Hall–Kier alpha value is -2.86. The Labute approximate surface area is 174 Å². The van der Waals surface area contributed by atoms with Gasteiger partial charge < -0.3 is 9.55 Å². The van der Waals surface area contributed by atoms with Gasteiger partial charge in [-0.25, -0.2) is 0 Å². The number of carbonyl (C=O) groups excluding carboxylic acids is 1. The Morgan fingerprint density at radius 2 is 1.83 bits per heavy atom. The second kappa shape index (κ2) is 7.87. The number of thioether (sulfide) groups is 1. The van der Waals surface area contributed by atoms with E-state index < -0.39 is 0 Å². The molecule has 1 atom stereocenters. The molecule has 4 rings (SSSR count). The number of hydrogen-bond donors (Lipinski definition) is 1. The molecule has 0 spiro atoms. The van der Waals surface area contributed by atoms with Gasteiger partial charge in [-0.2, -0.15) is 0 Å². The summed E-state index contributed by atoms with van der Waals surface area (Å²) < 4.78 is 2.08. The van der Waals surface area contributed by atoms with E-state index in [1.165, 1.54) is 11.8 Å². The van der Waals surface area contributed by atoms with Gasteiger partial charge in [0.15, 0.2) is 16.8 Å². The van der Waals surface area contributed by atoms with Crippen molar-refractivity contribution in [3.05, 3.63) is 65.4 Å². The molecule has 0 saturated carbocycles. The highest BCUT2D eigenvalue weighted by Crippen LogP contribution is 2.31. The van der Waals surface area contributed by atoms with Crippen molar-refractivity contribution in [3.8, 4) is 11.4 Å². The van der Waals surface area contributed by atoms with Gasteiger partial charge in [0.05, 0.1) is 5.25 Å². The normalized spacial score (nSPS) is 12.4. The van der Waals surface area contributed by atoms with Gasteiger partial charge in [-0.15, -0.1) is 10.2 Å². The van der Waals surface area contributed by atoms with Crippen molar-refractivity contribution in [1.82, 2.24) is 19.7 Å². The molecule has 6 heteroatoms. The van der Waals surface area contributed by atoms with Crippen LogP contribution >= 0.6 is 11.8 Å². The number of para-hydroxylation sites is 1. The molecule has 0 bridgehead atoms. The number of H-pyrrole nitrogens is 1. The van der Waals surface area contributed by atoms with Crippen LogP contribution in [0.2, 0.25) is 0 Å². The van der Waals surface area contributed by atoms with Crippen LogP contribution in [0.3, 0.4) is 0 Å². The lowest BCUT2D eigenvalue weighted by atomic mass is 10.1. The lowest BCUT2D eigenvalue weighted by molar-refractivity contribution is 0.0995. The number of ketones is 1. The van der Waals surface area contributed by atoms with Gasteiger partial charge in [0.25, 0.3) is 0 Å². The zero-order chi connectivity index (χ0) is 20.5. The van der Waals surface area contributed by atoms with Crippen molar-refractivity contribution in [2.75, 3.05) is 0 Å². The van der Waals surface area contributed by atoms with Crippen LogP contribution in [0, 0.1) is 13.8 Å². The minimum Gasteiger partial charge on any atom is -0.358 e. The third-order valence-electron chi connectivity index (χ3n) is 5.21. The number of nitrogens with zero attached hydrogens (tertiary/aromatic N) is 3. The smallest absolute Gasteiger partial charge is 0.192 e. The van der Waals surface area contributed by atoms with Crippen molar-refractivity contribution in [2.24, 2.45) is 0 Å². The van der Waals surface area contributed by atoms with E-state index in [4.69, 9.17) is 0 Å². The zero-order valence-corrected chi connectivity index (χ0v) is 17.9. The number of benzene rings is 2. The summed E-state index contributed by atoms with van der Waals surface area (Å²) in [5, 5.41) is 10.3. The topological polar surface area (TPSA) is 63.6 Å². The number of carbonyl (C=O) groups is 1. The SMILES string of the molecule is CCn1c(S[C@@H](C)C(=O)c2c(C)[nH]c3ccccc23)nnc1-c1ccccc1C. The van der Waals surface area contributed by atoms with E-state index in [2.05, 4.69) is 45.7 Å². The summed E-state index contributed by atoms with van der Waals surface area (Å²) in [5.41, 5.74) is 4.89. The van der Waals surface area contributed by atoms with Crippen molar-refractivity contribution in [2.45, 2.75) is 44.6 Å². The van der Waals surface area contributed by atoms with Gasteiger partial charge in [-0.3, -0.25) is 4.79 Å². The average Bonchev–Trinajstić information content (AvgIpc) is 3.27. The van der Waals surface area contributed by atoms with Gasteiger partial charge in [-0.05, 0) is 39.3 Å². The number of fused-ring (bicyclic) bond motifs is 1. The summed E-state index contributed by atoms with van der Waals surface area (Å²) >= 11 is 1.47. The number of rotatable bonds is 6. The molecule has 5 nitrogen and oxygen atoms in total. The van der Waals surface area contributed by atoms with E-state index >= 15 is 0 Å². The van der Waals surface area contributed by atoms with Gasteiger partial charge in [0.1, 0.15) is 0 Å².